The molecule has 0 aliphatic heterocycles. The minimum Gasteiger partial charge on any atom is -0.481 e. The fourth-order valence-corrected chi connectivity index (χ4v) is 2.17. The molecule has 0 spiro atoms. The third-order valence-corrected chi connectivity index (χ3v) is 3.46. The van der Waals surface area contributed by atoms with Crippen molar-refractivity contribution in [2.45, 2.75) is 66.2 Å². The lowest BCUT2D eigenvalue weighted by Crippen LogP contribution is -2.38. The number of carboxylic acids is 1. The molecular formula is C16H32N2O3. The summed E-state index contributed by atoms with van der Waals surface area (Å²) in [5.74, 6) is -0.370. The molecule has 0 aliphatic rings. The van der Waals surface area contributed by atoms with Crippen molar-refractivity contribution in [2.24, 2.45) is 11.3 Å². The van der Waals surface area contributed by atoms with E-state index in [1.54, 1.807) is 0 Å². The molecule has 0 fully saturated rings. The lowest BCUT2D eigenvalue weighted by atomic mass is 9.92. The largest absolute Gasteiger partial charge is 0.481 e. The van der Waals surface area contributed by atoms with Gasteiger partial charge in [-0.15, -0.1) is 0 Å². The number of aliphatic carboxylic acids is 1. The Bertz CT molecular complexity index is 311. The average molecular weight is 300 g/mol. The minimum absolute atomic E-state index is 0.132. The van der Waals surface area contributed by atoms with Gasteiger partial charge in [0.1, 0.15) is 0 Å². The number of amides is 2. The molecule has 1 unspecified atom stereocenters. The normalized spacial score (nSPS) is 12.8. The molecule has 5 nitrogen and oxygen atoms in total. The average Bonchev–Trinajstić information content (AvgIpc) is 2.34. The van der Waals surface area contributed by atoms with E-state index in [0.717, 1.165) is 25.7 Å². The summed E-state index contributed by atoms with van der Waals surface area (Å²) in [6.07, 6.45) is 4.74. The molecule has 0 saturated carbocycles. The van der Waals surface area contributed by atoms with E-state index in [2.05, 4.69) is 38.3 Å². The summed E-state index contributed by atoms with van der Waals surface area (Å²) in [5, 5.41) is 14.4. The van der Waals surface area contributed by atoms with Gasteiger partial charge in [-0.1, -0.05) is 40.5 Å². The number of urea groups is 1. The van der Waals surface area contributed by atoms with Crippen molar-refractivity contribution in [1.82, 2.24) is 10.6 Å². The van der Waals surface area contributed by atoms with Crippen LogP contribution in [0.2, 0.25) is 0 Å². The Labute approximate surface area is 128 Å². The highest BCUT2D eigenvalue weighted by atomic mass is 16.4. The molecule has 3 N–H and O–H groups in total. The maximum absolute atomic E-state index is 11.6. The molecule has 124 valence electrons. The number of carbonyl (C=O) groups excluding carboxylic acids is 1. The van der Waals surface area contributed by atoms with Gasteiger partial charge in [0.25, 0.3) is 0 Å². The van der Waals surface area contributed by atoms with Gasteiger partial charge in [-0.05, 0) is 30.6 Å². The van der Waals surface area contributed by atoms with Crippen molar-refractivity contribution < 1.29 is 14.7 Å². The van der Waals surface area contributed by atoms with E-state index in [0.29, 0.717) is 25.4 Å². The van der Waals surface area contributed by atoms with Crippen LogP contribution in [-0.2, 0) is 4.79 Å². The Balaban J connectivity index is 3.81. The number of carboxylic acid groups (broad SMARTS) is 1. The molecule has 0 bridgehead atoms. The van der Waals surface area contributed by atoms with Crippen LogP contribution in [0.1, 0.15) is 66.2 Å². The van der Waals surface area contributed by atoms with Crippen LogP contribution < -0.4 is 10.6 Å². The maximum atomic E-state index is 11.6. The lowest BCUT2D eigenvalue weighted by Gasteiger charge is -2.19. The zero-order valence-electron chi connectivity index (χ0n) is 14.0. The topological polar surface area (TPSA) is 78.4 Å². The van der Waals surface area contributed by atoms with Gasteiger partial charge in [0, 0.05) is 19.5 Å². The molecule has 2 amide bonds. The molecule has 21 heavy (non-hydrogen) atoms. The third-order valence-electron chi connectivity index (χ3n) is 3.46. The SMILES string of the molecule is CCCC(CCNC(=O)NCCC(C)(C)C)CCC(=O)O. The fraction of sp³-hybridized carbons (Fsp3) is 0.875. The predicted molar refractivity (Wildman–Crippen MR) is 85.4 cm³/mol. The van der Waals surface area contributed by atoms with Gasteiger partial charge in [0.2, 0.25) is 0 Å². The second kappa shape index (κ2) is 10.5. The van der Waals surface area contributed by atoms with E-state index >= 15 is 0 Å². The monoisotopic (exact) mass is 300 g/mol. The van der Waals surface area contributed by atoms with Gasteiger partial charge < -0.3 is 15.7 Å². The zero-order valence-corrected chi connectivity index (χ0v) is 14.0. The molecule has 0 aromatic carbocycles. The van der Waals surface area contributed by atoms with Crippen molar-refractivity contribution in [1.29, 1.82) is 0 Å². The van der Waals surface area contributed by atoms with Crippen molar-refractivity contribution in [3.05, 3.63) is 0 Å². The molecule has 0 saturated heterocycles. The number of carbonyl (C=O) groups is 2. The predicted octanol–water partition coefficient (Wildman–Crippen LogP) is 3.39. The van der Waals surface area contributed by atoms with E-state index in [-0.39, 0.29) is 17.9 Å². The molecule has 0 aliphatic carbocycles. The number of hydrogen-bond acceptors (Lipinski definition) is 2. The van der Waals surface area contributed by atoms with Crippen molar-refractivity contribution >= 4 is 12.0 Å². The van der Waals surface area contributed by atoms with Crippen LogP contribution in [-0.4, -0.2) is 30.2 Å². The Kier molecular flexibility index (Phi) is 9.84. The number of nitrogens with one attached hydrogen (secondary N) is 2. The second-order valence-electron chi connectivity index (χ2n) is 6.87. The smallest absolute Gasteiger partial charge is 0.314 e. The molecule has 0 rings (SSSR count). The van der Waals surface area contributed by atoms with Gasteiger partial charge >= 0.3 is 12.0 Å². The maximum Gasteiger partial charge on any atom is 0.314 e. The summed E-state index contributed by atoms with van der Waals surface area (Å²) in [6.45, 7) is 9.80. The first-order valence-corrected chi connectivity index (χ1v) is 7.98. The molecule has 0 radical (unpaired) electrons. The van der Waals surface area contributed by atoms with Gasteiger partial charge in [0.15, 0.2) is 0 Å². The molecule has 0 aromatic heterocycles. The van der Waals surface area contributed by atoms with Crippen LogP contribution in [0.25, 0.3) is 0 Å². The Morgan fingerprint density at radius 3 is 2.19 bits per heavy atom. The highest BCUT2D eigenvalue weighted by Crippen LogP contribution is 2.17. The van der Waals surface area contributed by atoms with Crippen LogP contribution in [0.5, 0.6) is 0 Å². The van der Waals surface area contributed by atoms with Gasteiger partial charge in [-0.25, -0.2) is 4.79 Å². The molecular weight excluding hydrogens is 268 g/mol. The highest BCUT2D eigenvalue weighted by Gasteiger charge is 2.12. The lowest BCUT2D eigenvalue weighted by molar-refractivity contribution is -0.137. The third kappa shape index (κ3) is 13.5. The molecule has 0 aromatic rings. The van der Waals surface area contributed by atoms with Crippen molar-refractivity contribution in [3.8, 4) is 0 Å². The summed E-state index contributed by atoms with van der Waals surface area (Å²) in [7, 11) is 0. The highest BCUT2D eigenvalue weighted by molar-refractivity contribution is 5.73. The quantitative estimate of drug-likeness (QED) is 0.578. The first-order chi connectivity index (χ1) is 9.74. The summed E-state index contributed by atoms with van der Waals surface area (Å²) in [4.78, 5) is 22.2. The van der Waals surface area contributed by atoms with Crippen LogP contribution >= 0.6 is 0 Å². The van der Waals surface area contributed by atoms with E-state index in [4.69, 9.17) is 5.11 Å². The van der Waals surface area contributed by atoms with Crippen molar-refractivity contribution in [2.75, 3.05) is 13.1 Å². The van der Waals surface area contributed by atoms with Crippen LogP contribution in [0.3, 0.4) is 0 Å². The first-order valence-electron chi connectivity index (χ1n) is 7.98. The summed E-state index contributed by atoms with van der Waals surface area (Å²) < 4.78 is 0. The Morgan fingerprint density at radius 2 is 1.67 bits per heavy atom. The molecule has 0 heterocycles. The van der Waals surface area contributed by atoms with Crippen LogP contribution in [0, 0.1) is 11.3 Å². The van der Waals surface area contributed by atoms with Crippen molar-refractivity contribution in [3.63, 3.8) is 0 Å². The minimum atomic E-state index is -0.746. The van der Waals surface area contributed by atoms with Gasteiger partial charge in [-0.2, -0.15) is 0 Å². The van der Waals surface area contributed by atoms with Gasteiger partial charge in [0.05, 0.1) is 0 Å². The summed E-state index contributed by atoms with van der Waals surface area (Å²) in [6, 6.07) is -0.132. The van der Waals surface area contributed by atoms with E-state index < -0.39 is 5.97 Å². The number of hydrogen-bond donors (Lipinski definition) is 3. The van der Waals surface area contributed by atoms with Crippen LogP contribution in [0.15, 0.2) is 0 Å². The summed E-state index contributed by atoms with van der Waals surface area (Å²) in [5.41, 5.74) is 0.219. The summed E-state index contributed by atoms with van der Waals surface area (Å²) >= 11 is 0. The standard InChI is InChI=1S/C16H32N2O3/c1-5-6-13(7-8-14(19)20)9-11-17-15(21)18-12-10-16(2,3)4/h13H,5-12H2,1-4H3,(H,19,20)(H2,17,18,21). The Hall–Kier alpha value is -1.26. The zero-order chi connectivity index (χ0) is 16.3. The van der Waals surface area contributed by atoms with Crippen LogP contribution in [0.4, 0.5) is 4.79 Å². The second-order valence-corrected chi connectivity index (χ2v) is 6.87. The Morgan fingerprint density at radius 1 is 1.05 bits per heavy atom. The van der Waals surface area contributed by atoms with E-state index in [1.807, 2.05) is 0 Å². The first kappa shape index (κ1) is 19.7. The fourth-order valence-electron chi connectivity index (χ4n) is 2.17. The van der Waals surface area contributed by atoms with Gasteiger partial charge in [-0.3, -0.25) is 4.79 Å². The van der Waals surface area contributed by atoms with E-state index in [9.17, 15) is 9.59 Å². The molecule has 5 heteroatoms. The molecule has 1 atom stereocenters. The van der Waals surface area contributed by atoms with E-state index in [1.165, 1.54) is 0 Å². The number of rotatable bonds is 10.